The molecule has 7 heteroatoms. The predicted octanol–water partition coefficient (Wildman–Crippen LogP) is 1.24. The molecule has 1 aromatic carbocycles. The molecule has 2 rings (SSSR count). The van der Waals surface area contributed by atoms with E-state index in [1.807, 2.05) is 0 Å². The molecule has 0 radical (unpaired) electrons. The van der Waals surface area contributed by atoms with Crippen LogP contribution in [0.15, 0.2) is 18.2 Å². The minimum atomic E-state index is -0.764. The summed E-state index contributed by atoms with van der Waals surface area (Å²) in [6, 6.07) is 3.58. The van der Waals surface area contributed by atoms with Gasteiger partial charge in [0.25, 0.3) is 0 Å². The minimum Gasteiger partial charge on any atom is -0.333 e. The predicted molar refractivity (Wildman–Crippen MR) is 74.1 cm³/mol. The first kappa shape index (κ1) is 14.7. The number of nitrogens with zero attached hydrogens (tertiary/aromatic N) is 1. The van der Waals surface area contributed by atoms with Gasteiger partial charge in [-0.1, -0.05) is 11.6 Å². The number of rotatable bonds is 1. The van der Waals surface area contributed by atoms with Gasteiger partial charge in [0, 0.05) is 19.6 Å². The SMILES string of the molecule is O=C(Nc1ccc(F)cc1Cl)C(=O)N1CCCNCC1. The third kappa shape index (κ3) is 3.68. The van der Waals surface area contributed by atoms with Crippen molar-refractivity contribution >= 4 is 29.1 Å². The van der Waals surface area contributed by atoms with Crippen LogP contribution in [0.1, 0.15) is 6.42 Å². The quantitative estimate of drug-likeness (QED) is 0.767. The van der Waals surface area contributed by atoms with Crippen LogP contribution in [0.3, 0.4) is 0 Å². The van der Waals surface area contributed by atoms with E-state index in [0.717, 1.165) is 19.0 Å². The molecule has 2 amide bonds. The van der Waals surface area contributed by atoms with Gasteiger partial charge in [0.15, 0.2) is 0 Å². The van der Waals surface area contributed by atoms with Gasteiger partial charge in [0.05, 0.1) is 10.7 Å². The molecule has 0 spiro atoms. The van der Waals surface area contributed by atoms with Crippen LogP contribution in [0.5, 0.6) is 0 Å². The van der Waals surface area contributed by atoms with E-state index in [9.17, 15) is 14.0 Å². The summed E-state index contributed by atoms with van der Waals surface area (Å²) in [6.45, 7) is 2.52. The second kappa shape index (κ2) is 6.67. The number of nitrogens with one attached hydrogen (secondary N) is 2. The van der Waals surface area contributed by atoms with E-state index in [4.69, 9.17) is 11.6 Å². The summed E-state index contributed by atoms with van der Waals surface area (Å²) in [5, 5.41) is 5.61. The second-order valence-electron chi connectivity index (χ2n) is 4.47. The van der Waals surface area contributed by atoms with Gasteiger partial charge in [-0.2, -0.15) is 0 Å². The second-order valence-corrected chi connectivity index (χ2v) is 4.88. The molecule has 0 unspecified atom stereocenters. The summed E-state index contributed by atoms with van der Waals surface area (Å²) < 4.78 is 12.9. The lowest BCUT2D eigenvalue weighted by molar-refractivity contribution is -0.143. The van der Waals surface area contributed by atoms with Crippen LogP contribution < -0.4 is 10.6 Å². The lowest BCUT2D eigenvalue weighted by atomic mass is 10.3. The molecule has 1 saturated heterocycles. The van der Waals surface area contributed by atoms with Crippen LogP contribution in [0, 0.1) is 5.82 Å². The normalized spacial score (nSPS) is 15.6. The summed E-state index contributed by atoms with van der Waals surface area (Å²) in [5.74, 6) is -1.87. The molecule has 0 atom stereocenters. The summed E-state index contributed by atoms with van der Waals surface area (Å²) in [6.07, 6.45) is 0.802. The van der Waals surface area contributed by atoms with E-state index in [1.54, 1.807) is 0 Å². The maximum atomic E-state index is 12.9. The highest BCUT2D eigenvalue weighted by Gasteiger charge is 2.23. The minimum absolute atomic E-state index is 0.0590. The molecule has 0 saturated carbocycles. The third-order valence-electron chi connectivity index (χ3n) is 3.00. The smallest absolute Gasteiger partial charge is 0.313 e. The number of carbonyl (C=O) groups excluding carboxylic acids is 2. The van der Waals surface area contributed by atoms with Crippen molar-refractivity contribution in [3.8, 4) is 0 Å². The first-order valence-electron chi connectivity index (χ1n) is 6.34. The maximum Gasteiger partial charge on any atom is 0.313 e. The van der Waals surface area contributed by atoms with E-state index in [1.165, 1.54) is 17.0 Å². The number of hydrogen-bond donors (Lipinski definition) is 2. The molecular formula is C13H15ClFN3O2. The Bertz CT molecular complexity index is 516. The molecule has 5 nitrogen and oxygen atoms in total. The Morgan fingerprint density at radius 2 is 2.10 bits per heavy atom. The monoisotopic (exact) mass is 299 g/mol. The van der Waals surface area contributed by atoms with Gasteiger partial charge in [-0.05, 0) is 31.2 Å². The van der Waals surface area contributed by atoms with Crippen LogP contribution in [0.25, 0.3) is 0 Å². The molecule has 0 aliphatic carbocycles. The first-order valence-corrected chi connectivity index (χ1v) is 6.72. The Morgan fingerprint density at radius 1 is 1.30 bits per heavy atom. The zero-order chi connectivity index (χ0) is 14.5. The molecule has 20 heavy (non-hydrogen) atoms. The molecule has 2 N–H and O–H groups in total. The molecule has 1 aliphatic rings. The zero-order valence-corrected chi connectivity index (χ0v) is 11.5. The Balaban J connectivity index is 2.01. The van der Waals surface area contributed by atoms with E-state index in [-0.39, 0.29) is 10.7 Å². The highest BCUT2D eigenvalue weighted by molar-refractivity contribution is 6.41. The molecule has 108 valence electrons. The molecule has 1 fully saturated rings. The van der Waals surface area contributed by atoms with Crippen LogP contribution in [0.2, 0.25) is 5.02 Å². The average molecular weight is 300 g/mol. The number of amides is 2. The summed E-state index contributed by atoms with van der Waals surface area (Å²) in [7, 11) is 0. The van der Waals surface area contributed by atoms with E-state index in [2.05, 4.69) is 10.6 Å². The summed E-state index contributed by atoms with van der Waals surface area (Å²) in [4.78, 5) is 25.4. The molecule has 1 heterocycles. The lowest BCUT2D eigenvalue weighted by Gasteiger charge is -2.19. The van der Waals surface area contributed by atoms with Gasteiger partial charge in [0.2, 0.25) is 0 Å². The van der Waals surface area contributed by atoms with Gasteiger partial charge in [-0.3, -0.25) is 9.59 Å². The van der Waals surface area contributed by atoms with Crippen molar-refractivity contribution in [3.05, 3.63) is 29.0 Å². The fourth-order valence-electron chi connectivity index (χ4n) is 1.96. The standard InChI is InChI=1S/C13H15ClFN3O2/c14-10-8-9(15)2-3-11(10)17-12(19)13(20)18-6-1-4-16-5-7-18/h2-3,8,16H,1,4-7H2,(H,17,19). The fraction of sp³-hybridized carbons (Fsp3) is 0.385. The number of hydrogen-bond acceptors (Lipinski definition) is 3. The Labute approximate surface area is 121 Å². The van der Waals surface area contributed by atoms with Crippen molar-refractivity contribution < 1.29 is 14.0 Å². The van der Waals surface area contributed by atoms with Gasteiger partial charge in [0.1, 0.15) is 5.82 Å². The maximum absolute atomic E-state index is 12.9. The van der Waals surface area contributed by atoms with Crippen molar-refractivity contribution in [2.75, 3.05) is 31.5 Å². The first-order chi connectivity index (χ1) is 9.58. The lowest BCUT2D eigenvalue weighted by Crippen LogP contribution is -2.41. The van der Waals surface area contributed by atoms with E-state index in [0.29, 0.717) is 19.6 Å². The van der Waals surface area contributed by atoms with Gasteiger partial charge in [-0.25, -0.2) is 4.39 Å². The van der Waals surface area contributed by atoms with Gasteiger partial charge >= 0.3 is 11.8 Å². The largest absolute Gasteiger partial charge is 0.333 e. The summed E-state index contributed by atoms with van der Waals surface area (Å²) >= 11 is 5.80. The molecule has 1 aliphatic heterocycles. The number of carbonyl (C=O) groups is 2. The van der Waals surface area contributed by atoms with E-state index < -0.39 is 17.6 Å². The molecular weight excluding hydrogens is 285 g/mol. The van der Waals surface area contributed by atoms with Crippen LogP contribution in [-0.2, 0) is 9.59 Å². The highest BCUT2D eigenvalue weighted by atomic mass is 35.5. The molecule has 0 bridgehead atoms. The number of benzene rings is 1. The summed E-state index contributed by atoms with van der Waals surface area (Å²) in [5.41, 5.74) is 0.222. The van der Waals surface area contributed by atoms with Crippen LogP contribution >= 0.6 is 11.6 Å². The average Bonchev–Trinajstić information content (AvgIpc) is 2.70. The topological polar surface area (TPSA) is 61.4 Å². The number of anilines is 1. The third-order valence-corrected chi connectivity index (χ3v) is 3.31. The Kier molecular flexibility index (Phi) is 4.92. The zero-order valence-electron chi connectivity index (χ0n) is 10.8. The van der Waals surface area contributed by atoms with Crippen molar-refractivity contribution in [2.45, 2.75) is 6.42 Å². The van der Waals surface area contributed by atoms with Crippen LogP contribution in [0.4, 0.5) is 10.1 Å². The van der Waals surface area contributed by atoms with Crippen molar-refractivity contribution in [1.29, 1.82) is 0 Å². The van der Waals surface area contributed by atoms with Crippen molar-refractivity contribution in [3.63, 3.8) is 0 Å². The number of halogens is 2. The Hall–Kier alpha value is -1.66. The van der Waals surface area contributed by atoms with Gasteiger partial charge < -0.3 is 15.5 Å². The van der Waals surface area contributed by atoms with E-state index >= 15 is 0 Å². The fourth-order valence-corrected chi connectivity index (χ4v) is 2.17. The Morgan fingerprint density at radius 3 is 2.85 bits per heavy atom. The van der Waals surface area contributed by atoms with Crippen molar-refractivity contribution in [1.82, 2.24) is 10.2 Å². The van der Waals surface area contributed by atoms with Crippen molar-refractivity contribution in [2.24, 2.45) is 0 Å². The van der Waals surface area contributed by atoms with Crippen LogP contribution in [-0.4, -0.2) is 42.9 Å². The van der Waals surface area contributed by atoms with Gasteiger partial charge in [-0.15, -0.1) is 0 Å². The molecule has 0 aromatic heterocycles. The molecule has 1 aromatic rings. The highest BCUT2D eigenvalue weighted by Crippen LogP contribution is 2.22.